The van der Waals surface area contributed by atoms with Crippen LogP contribution in [0.25, 0.3) is 0 Å². The first-order valence-corrected chi connectivity index (χ1v) is 4.54. The number of aliphatic carboxylic acids is 1. The molecule has 0 fully saturated rings. The monoisotopic (exact) mass is 229 g/mol. The lowest BCUT2D eigenvalue weighted by Gasteiger charge is -2.02. The maximum atomic E-state index is 12.7. The summed E-state index contributed by atoms with van der Waals surface area (Å²) in [6.07, 6.45) is 2.28. The van der Waals surface area contributed by atoms with Gasteiger partial charge in [0.15, 0.2) is 0 Å². The Kier molecular flexibility index (Phi) is 4.12. The third-order valence-corrected chi connectivity index (χ3v) is 1.92. The Balaban J connectivity index is 2.51. The molecule has 1 aromatic rings. The van der Waals surface area contributed by atoms with Gasteiger partial charge in [-0.05, 0) is 17.7 Å². The van der Waals surface area contributed by atoms with Crippen LogP contribution in [0.1, 0.15) is 5.56 Å². The highest BCUT2D eigenvalue weighted by atomic mass is 35.5. The summed E-state index contributed by atoms with van der Waals surface area (Å²) in [7, 11) is 0. The Morgan fingerprint density at radius 2 is 2.33 bits per heavy atom. The lowest BCUT2D eigenvalue weighted by molar-refractivity contribution is -0.131. The quantitative estimate of drug-likeness (QED) is 0.778. The van der Waals surface area contributed by atoms with Gasteiger partial charge in [0.05, 0.1) is 5.02 Å². The molecule has 0 aliphatic carbocycles. The number of benzene rings is 1. The highest BCUT2D eigenvalue weighted by molar-refractivity contribution is 6.30. The number of halogens is 2. The molecule has 2 N–H and O–H groups in total. The number of hydrogen-bond donors (Lipinski definition) is 2. The van der Waals surface area contributed by atoms with E-state index < -0.39 is 11.8 Å². The molecule has 0 unspecified atom stereocenters. The van der Waals surface area contributed by atoms with Crippen LogP contribution in [-0.2, 0) is 11.3 Å². The minimum atomic E-state index is -1.03. The SMILES string of the molecule is O=C(O)/C=C/NCc1ccc(F)c(Cl)c1. The van der Waals surface area contributed by atoms with Crippen LogP contribution in [0.15, 0.2) is 30.5 Å². The zero-order valence-corrected chi connectivity index (χ0v) is 8.46. The van der Waals surface area contributed by atoms with Crippen molar-refractivity contribution in [3.05, 3.63) is 46.9 Å². The third kappa shape index (κ3) is 3.99. The Morgan fingerprint density at radius 3 is 2.93 bits per heavy atom. The van der Waals surface area contributed by atoms with Crippen molar-refractivity contribution in [2.75, 3.05) is 0 Å². The first-order chi connectivity index (χ1) is 7.09. The summed E-state index contributed by atoms with van der Waals surface area (Å²) in [5.74, 6) is -1.50. The molecule has 15 heavy (non-hydrogen) atoms. The minimum Gasteiger partial charge on any atom is -0.478 e. The van der Waals surface area contributed by atoms with Gasteiger partial charge in [-0.15, -0.1) is 0 Å². The molecule has 1 rings (SSSR count). The Morgan fingerprint density at radius 1 is 1.60 bits per heavy atom. The first-order valence-electron chi connectivity index (χ1n) is 4.16. The fraction of sp³-hybridized carbons (Fsp3) is 0.100. The number of carboxylic acid groups (broad SMARTS) is 1. The summed E-state index contributed by atoms with van der Waals surface area (Å²) in [5, 5.41) is 11.1. The predicted molar refractivity (Wildman–Crippen MR) is 55.0 cm³/mol. The largest absolute Gasteiger partial charge is 0.478 e. The fourth-order valence-electron chi connectivity index (χ4n) is 0.957. The average molecular weight is 230 g/mol. The van der Waals surface area contributed by atoms with Crippen LogP contribution >= 0.6 is 11.6 Å². The molecule has 0 saturated carbocycles. The molecule has 80 valence electrons. The van der Waals surface area contributed by atoms with Gasteiger partial charge in [0.25, 0.3) is 0 Å². The molecule has 0 aliphatic heterocycles. The van der Waals surface area contributed by atoms with E-state index in [0.717, 1.165) is 11.6 Å². The van der Waals surface area contributed by atoms with Crippen LogP contribution in [0.4, 0.5) is 4.39 Å². The molecular weight excluding hydrogens is 221 g/mol. The van der Waals surface area contributed by atoms with Gasteiger partial charge in [-0.3, -0.25) is 0 Å². The van der Waals surface area contributed by atoms with Gasteiger partial charge in [0.1, 0.15) is 5.82 Å². The van der Waals surface area contributed by atoms with Crippen molar-refractivity contribution in [3.8, 4) is 0 Å². The zero-order valence-electron chi connectivity index (χ0n) is 7.71. The molecule has 0 bridgehead atoms. The molecule has 0 heterocycles. The van der Waals surface area contributed by atoms with Gasteiger partial charge < -0.3 is 10.4 Å². The van der Waals surface area contributed by atoms with Gasteiger partial charge in [0.2, 0.25) is 0 Å². The molecule has 0 radical (unpaired) electrons. The smallest absolute Gasteiger partial charge is 0.329 e. The van der Waals surface area contributed by atoms with E-state index in [9.17, 15) is 9.18 Å². The van der Waals surface area contributed by atoms with Crippen LogP contribution in [0.5, 0.6) is 0 Å². The van der Waals surface area contributed by atoms with Gasteiger partial charge in [-0.25, -0.2) is 9.18 Å². The van der Waals surface area contributed by atoms with Gasteiger partial charge in [-0.1, -0.05) is 17.7 Å². The lowest BCUT2D eigenvalue weighted by atomic mass is 10.2. The van der Waals surface area contributed by atoms with Crippen molar-refractivity contribution >= 4 is 17.6 Å². The molecule has 3 nitrogen and oxygen atoms in total. The van der Waals surface area contributed by atoms with Crippen molar-refractivity contribution in [1.82, 2.24) is 5.32 Å². The fourth-order valence-corrected chi connectivity index (χ4v) is 1.16. The standard InChI is InChI=1S/C10H9ClFNO2/c11-8-5-7(1-2-9(8)12)6-13-4-3-10(14)15/h1-5,13H,6H2,(H,14,15)/b4-3+. The summed E-state index contributed by atoms with van der Waals surface area (Å²) in [4.78, 5) is 10.1. The van der Waals surface area contributed by atoms with E-state index >= 15 is 0 Å². The second-order valence-electron chi connectivity index (χ2n) is 2.80. The molecule has 5 heteroatoms. The van der Waals surface area contributed by atoms with Gasteiger partial charge in [-0.2, -0.15) is 0 Å². The molecule has 0 atom stereocenters. The van der Waals surface area contributed by atoms with E-state index in [0.29, 0.717) is 6.54 Å². The number of rotatable bonds is 4. The van der Waals surface area contributed by atoms with Crippen LogP contribution in [0.2, 0.25) is 5.02 Å². The van der Waals surface area contributed by atoms with Crippen molar-refractivity contribution in [2.45, 2.75) is 6.54 Å². The van der Waals surface area contributed by atoms with E-state index in [-0.39, 0.29) is 5.02 Å². The Hall–Kier alpha value is -1.55. The lowest BCUT2D eigenvalue weighted by Crippen LogP contribution is -2.05. The summed E-state index contributed by atoms with van der Waals surface area (Å²) in [6.45, 7) is 0.393. The van der Waals surface area contributed by atoms with Gasteiger partial charge >= 0.3 is 5.97 Å². The summed E-state index contributed by atoms with van der Waals surface area (Å²) >= 11 is 5.56. The van der Waals surface area contributed by atoms with Crippen molar-refractivity contribution in [2.24, 2.45) is 0 Å². The Labute approximate surface area is 91.2 Å². The third-order valence-electron chi connectivity index (χ3n) is 1.63. The number of hydrogen-bond acceptors (Lipinski definition) is 2. The molecule has 0 spiro atoms. The number of carbonyl (C=O) groups is 1. The first kappa shape index (κ1) is 11.5. The number of carboxylic acids is 1. The van der Waals surface area contributed by atoms with Crippen molar-refractivity contribution in [1.29, 1.82) is 0 Å². The topological polar surface area (TPSA) is 49.3 Å². The molecular formula is C10H9ClFNO2. The molecule has 0 aliphatic rings. The van der Waals surface area contributed by atoms with Crippen molar-refractivity contribution < 1.29 is 14.3 Å². The normalized spacial score (nSPS) is 10.5. The highest BCUT2D eigenvalue weighted by Gasteiger charge is 1.99. The highest BCUT2D eigenvalue weighted by Crippen LogP contribution is 2.15. The maximum absolute atomic E-state index is 12.7. The second-order valence-corrected chi connectivity index (χ2v) is 3.21. The summed E-state index contributed by atoms with van der Waals surface area (Å²) in [5.41, 5.74) is 0.774. The number of nitrogens with one attached hydrogen (secondary N) is 1. The van der Waals surface area contributed by atoms with Crippen LogP contribution in [-0.4, -0.2) is 11.1 Å². The van der Waals surface area contributed by atoms with E-state index in [1.807, 2.05) is 0 Å². The van der Waals surface area contributed by atoms with Crippen molar-refractivity contribution in [3.63, 3.8) is 0 Å². The van der Waals surface area contributed by atoms with Gasteiger partial charge in [0, 0.05) is 18.8 Å². The zero-order chi connectivity index (χ0) is 11.3. The molecule has 1 aromatic carbocycles. The van der Waals surface area contributed by atoms with Crippen LogP contribution < -0.4 is 5.32 Å². The summed E-state index contributed by atoms with van der Waals surface area (Å²) in [6, 6.07) is 4.32. The van der Waals surface area contributed by atoms with Crippen LogP contribution in [0.3, 0.4) is 0 Å². The van der Waals surface area contributed by atoms with E-state index in [1.54, 1.807) is 6.07 Å². The van der Waals surface area contributed by atoms with E-state index in [2.05, 4.69) is 5.32 Å². The van der Waals surface area contributed by atoms with Crippen LogP contribution in [0, 0.1) is 5.82 Å². The van der Waals surface area contributed by atoms with E-state index in [1.165, 1.54) is 18.3 Å². The second kappa shape index (κ2) is 5.36. The molecule has 0 aromatic heterocycles. The average Bonchev–Trinajstić information content (AvgIpc) is 2.18. The summed E-state index contributed by atoms with van der Waals surface area (Å²) < 4.78 is 12.7. The predicted octanol–water partition coefficient (Wildman–Crippen LogP) is 2.17. The Bertz CT molecular complexity index is 393. The minimum absolute atomic E-state index is 0.0523. The molecule has 0 saturated heterocycles. The molecule has 0 amide bonds. The van der Waals surface area contributed by atoms with E-state index in [4.69, 9.17) is 16.7 Å². The maximum Gasteiger partial charge on any atom is 0.329 e.